The van der Waals surface area contributed by atoms with E-state index in [2.05, 4.69) is 48.3 Å². The summed E-state index contributed by atoms with van der Waals surface area (Å²) in [5, 5.41) is 9.25. The summed E-state index contributed by atoms with van der Waals surface area (Å²) >= 11 is 0. The molecule has 2 heterocycles. The van der Waals surface area contributed by atoms with Gasteiger partial charge in [0.25, 0.3) is 0 Å². The highest BCUT2D eigenvalue weighted by Crippen LogP contribution is 2.28. The van der Waals surface area contributed by atoms with E-state index in [1.165, 1.54) is 11.3 Å². The Morgan fingerprint density at radius 3 is 2.67 bits per heavy atom. The lowest BCUT2D eigenvalue weighted by Crippen LogP contribution is -2.09. The standard InChI is InChI=1S/C17H20N4/c1-11(17-12(2)20-21(4)13(17)3)19-16-9-5-8-15-14(16)7-6-10-18-15/h5-11,19H,1-4H3. The van der Waals surface area contributed by atoms with Crippen LogP contribution in [0, 0.1) is 13.8 Å². The Labute approximate surface area is 124 Å². The van der Waals surface area contributed by atoms with Gasteiger partial charge in [-0.2, -0.15) is 5.10 Å². The van der Waals surface area contributed by atoms with E-state index in [4.69, 9.17) is 0 Å². The average molecular weight is 280 g/mol. The number of nitrogens with zero attached hydrogens (tertiary/aromatic N) is 3. The third-order valence-corrected chi connectivity index (χ3v) is 4.02. The molecule has 0 spiro atoms. The summed E-state index contributed by atoms with van der Waals surface area (Å²) in [4.78, 5) is 4.40. The molecular formula is C17H20N4. The second-order valence-corrected chi connectivity index (χ2v) is 5.45. The van der Waals surface area contributed by atoms with Crippen LogP contribution in [-0.4, -0.2) is 14.8 Å². The van der Waals surface area contributed by atoms with Crippen LogP contribution in [0.3, 0.4) is 0 Å². The van der Waals surface area contributed by atoms with Gasteiger partial charge < -0.3 is 5.32 Å². The molecule has 0 bridgehead atoms. The Kier molecular flexibility index (Phi) is 3.37. The van der Waals surface area contributed by atoms with Gasteiger partial charge in [0, 0.05) is 35.6 Å². The molecule has 0 aliphatic carbocycles. The van der Waals surface area contributed by atoms with E-state index in [0.29, 0.717) is 0 Å². The van der Waals surface area contributed by atoms with Crippen molar-refractivity contribution >= 4 is 16.6 Å². The van der Waals surface area contributed by atoms with E-state index in [-0.39, 0.29) is 6.04 Å². The second kappa shape index (κ2) is 5.20. The monoisotopic (exact) mass is 280 g/mol. The number of pyridine rings is 1. The van der Waals surface area contributed by atoms with Crippen LogP contribution in [0.2, 0.25) is 0 Å². The summed E-state index contributed by atoms with van der Waals surface area (Å²) in [6, 6.07) is 10.4. The molecule has 21 heavy (non-hydrogen) atoms. The molecule has 0 radical (unpaired) electrons. The van der Waals surface area contributed by atoms with Crippen molar-refractivity contribution in [1.29, 1.82) is 0 Å². The van der Waals surface area contributed by atoms with E-state index >= 15 is 0 Å². The molecular weight excluding hydrogens is 260 g/mol. The zero-order chi connectivity index (χ0) is 15.0. The van der Waals surface area contributed by atoms with Gasteiger partial charge in [0.1, 0.15) is 0 Å². The van der Waals surface area contributed by atoms with E-state index in [1.54, 1.807) is 0 Å². The maximum atomic E-state index is 4.50. The second-order valence-electron chi connectivity index (χ2n) is 5.45. The quantitative estimate of drug-likeness (QED) is 0.794. The number of nitrogens with one attached hydrogen (secondary N) is 1. The lowest BCUT2D eigenvalue weighted by Gasteiger charge is -2.17. The normalized spacial score (nSPS) is 12.6. The Morgan fingerprint density at radius 1 is 1.14 bits per heavy atom. The lowest BCUT2D eigenvalue weighted by molar-refractivity contribution is 0.728. The van der Waals surface area contributed by atoms with Crippen molar-refractivity contribution in [3.8, 4) is 0 Å². The molecule has 0 amide bonds. The first-order valence-electron chi connectivity index (χ1n) is 7.18. The highest BCUT2D eigenvalue weighted by Gasteiger charge is 2.16. The van der Waals surface area contributed by atoms with Crippen LogP contribution >= 0.6 is 0 Å². The molecule has 0 saturated carbocycles. The Morgan fingerprint density at radius 2 is 1.95 bits per heavy atom. The highest BCUT2D eigenvalue weighted by molar-refractivity contribution is 5.91. The van der Waals surface area contributed by atoms with Crippen molar-refractivity contribution in [1.82, 2.24) is 14.8 Å². The summed E-state index contributed by atoms with van der Waals surface area (Å²) in [7, 11) is 1.99. The summed E-state index contributed by atoms with van der Waals surface area (Å²) in [5.41, 5.74) is 5.66. The Hall–Kier alpha value is -2.36. The van der Waals surface area contributed by atoms with E-state index in [9.17, 15) is 0 Å². The van der Waals surface area contributed by atoms with Gasteiger partial charge in [-0.15, -0.1) is 0 Å². The number of rotatable bonds is 3. The molecule has 4 nitrogen and oxygen atoms in total. The van der Waals surface area contributed by atoms with Crippen molar-refractivity contribution in [2.45, 2.75) is 26.8 Å². The van der Waals surface area contributed by atoms with Gasteiger partial charge in [0.05, 0.1) is 17.3 Å². The molecule has 0 aliphatic heterocycles. The molecule has 108 valence electrons. The molecule has 0 aliphatic rings. The van der Waals surface area contributed by atoms with Crippen molar-refractivity contribution in [3.05, 3.63) is 53.5 Å². The number of benzene rings is 1. The average Bonchev–Trinajstić information content (AvgIpc) is 2.72. The van der Waals surface area contributed by atoms with Gasteiger partial charge >= 0.3 is 0 Å². The molecule has 1 atom stereocenters. The fraction of sp³-hybridized carbons (Fsp3) is 0.294. The van der Waals surface area contributed by atoms with Crippen molar-refractivity contribution in [2.24, 2.45) is 7.05 Å². The third-order valence-electron chi connectivity index (χ3n) is 4.02. The largest absolute Gasteiger partial charge is 0.378 e. The summed E-state index contributed by atoms with van der Waals surface area (Å²) in [6.07, 6.45) is 1.82. The first kappa shape index (κ1) is 13.6. The molecule has 3 rings (SSSR count). The fourth-order valence-electron chi connectivity index (χ4n) is 2.95. The minimum atomic E-state index is 0.199. The van der Waals surface area contributed by atoms with Crippen LogP contribution < -0.4 is 5.32 Å². The molecule has 0 saturated heterocycles. The van der Waals surface area contributed by atoms with Gasteiger partial charge in [0.15, 0.2) is 0 Å². The van der Waals surface area contributed by atoms with Gasteiger partial charge in [0.2, 0.25) is 0 Å². The van der Waals surface area contributed by atoms with Crippen LogP contribution in [0.15, 0.2) is 36.5 Å². The first-order chi connectivity index (χ1) is 10.1. The van der Waals surface area contributed by atoms with E-state index in [1.807, 2.05) is 36.1 Å². The molecule has 0 fully saturated rings. The topological polar surface area (TPSA) is 42.7 Å². The van der Waals surface area contributed by atoms with Crippen molar-refractivity contribution in [2.75, 3.05) is 5.32 Å². The summed E-state index contributed by atoms with van der Waals surface area (Å²) in [6.45, 7) is 6.34. The van der Waals surface area contributed by atoms with E-state index < -0.39 is 0 Å². The fourth-order valence-corrected chi connectivity index (χ4v) is 2.95. The van der Waals surface area contributed by atoms with E-state index in [0.717, 1.165) is 22.3 Å². The van der Waals surface area contributed by atoms with Crippen LogP contribution in [0.4, 0.5) is 5.69 Å². The van der Waals surface area contributed by atoms with Crippen LogP contribution in [0.5, 0.6) is 0 Å². The molecule has 1 aromatic carbocycles. The molecule has 1 N–H and O–H groups in total. The number of aryl methyl sites for hydroxylation is 2. The minimum Gasteiger partial charge on any atom is -0.378 e. The molecule has 2 aromatic heterocycles. The maximum Gasteiger partial charge on any atom is 0.0722 e. The number of anilines is 1. The number of aromatic nitrogens is 3. The Balaban J connectivity index is 1.98. The lowest BCUT2D eigenvalue weighted by atomic mass is 10.1. The van der Waals surface area contributed by atoms with Gasteiger partial charge in [-0.05, 0) is 45.0 Å². The van der Waals surface area contributed by atoms with Gasteiger partial charge in [-0.3, -0.25) is 9.67 Å². The molecule has 4 heteroatoms. The maximum absolute atomic E-state index is 4.50. The van der Waals surface area contributed by atoms with Crippen LogP contribution in [0.25, 0.3) is 10.9 Å². The van der Waals surface area contributed by atoms with Gasteiger partial charge in [-0.1, -0.05) is 6.07 Å². The number of hydrogen-bond acceptors (Lipinski definition) is 3. The zero-order valence-corrected chi connectivity index (χ0v) is 12.9. The zero-order valence-electron chi connectivity index (χ0n) is 12.9. The minimum absolute atomic E-state index is 0.199. The summed E-state index contributed by atoms with van der Waals surface area (Å²) in [5.74, 6) is 0. The highest BCUT2D eigenvalue weighted by atomic mass is 15.3. The van der Waals surface area contributed by atoms with Crippen LogP contribution in [-0.2, 0) is 7.05 Å². The number of fused-ring (bicyclic) bond motifs is 1. The Bertz CT molecular complexity index is 783. The smallest absolute Gasteiger partial charge is 0.0722 e. The SMILES string of the molecule is Cc1nn(C)c(C)c1C(C)Nc1cccc2ncccc12. The number of hydrogen-bond donors (Lipinski definition) is 1. The third kappa shape index (κ3) is 2.37. The van der Waals surface area contributed by atoms with Crippen molar-refractivity contribution < 1.29 is 0 Å². The molecule has 3 aromatic rings. The van der Waals surface area contributed by atoms with Crippen LogP contribution in [0.1, 0.15) is 29.9 Å². The predicted molar refractivity (Wildman–Crippen MR) is 86.5 cm³/mol. The first-order valence-corrected chi connectivity index (χ1v) is 7.18. The van der Waals surface area contributed by atoms with Crippen molar-refractivity contribution in [3.63, 3.8) is 0 Å². The summed E-state index contributed by atoms with van der Waals surface area (Å²) < 4.78 is 1.94. The van der Waals surface area contributed by atoms with Gasteiger partial charge in [-0.25, -0.2) is 0 Å². The predicted octanol–water partition coefficient (Wildman–Crippen LogP) is 3.76. The molecule has 1 unspecified atom stereocenters.